The number of aryl methyl sites for hydroxylation is 1. The maximum atomic E-state index is 5.92. The highest BCUT2D eigenvalue weighted by atomic mass is 16.5. The number of hydrogen-bond acceptors (Lipinski definition) is 7. The van der Waals surface area contributed by atoms with Crippen molar-refractivity contribution in [2.45, 2.75) is 33.0 Å². The van der Waals surface area contributed by atoms with E-state index in [1.165, 1.54) is 5.56 Å². The van der Waals surface area contributed by atoms with Gasteiger partial charge >= 0.3 is 0 Å². The van der Waals surface area contributed by atoms with E-state index in [0.29, 0.717) is 13.2 Å². The molecule has 162 valence electrons. The standard InChI is InChI=1S/C24H29N5O2/c1-16-4-6-19(7-5-16)21-9-8-20-22(25-21)26-24(29-14-17(2)31-18(3)15-29)27-23(20)28-10-12-30-13-11-28/h4-9,17-18H,10-15H2,1-3H3/t17-,18+. The van der Waals surface area contributed by atoms with Crippen LogP contribution in [0, 0.1) is 6.92 Å². The highest BCUT2D eigenvalue weighted by molar-refractivity contribution is 5.89. The lowest BCUT2D eigenvalue weighted by Gasteiger charge is -2.36. The van der Waals surface area contributed by atoms with Crippen LogP contribution in [0.3, 0.4) is 0 Å². The molecule has 0 unspecified atom stereocenters. The third kappa shape index (κ3) is 4.20. The minimum absolute atomic E-state index is 0.140. The first-order chi connectivity index (χ1) is 15.1. The van der Waals surface area contributed by atoms with E-state index in [0.717, 1.165) is 60.2 Å². The second-order valence-electron chi connectivity index (χ2n) is 8.54. The number of morpholine rings is 2. The Labute approximate surface area is 183 Å². The first kappa shape index (κ1) is 20.2. The monoisotopic (exact) mass is 419 g/mol. The predicted molar refractivity (Wildman–Crippen MR) is 123 cm³/mol. The van der Waals surface area contributed by atoms with Gasteiger partial charge in [-0.3, -0.25) is 0 Å². The van der Waals surface area contributed by atoms with Crippen molar-refractivity contribution < 1.29 is 9.47 Å². The first-order valence-corrected chi connectivity index (χ1v) is 11.1. The van der Waals surface area contributed by atoms with Gasteiger partial charge in [-0.25, -0.2) is 4.98 Å². The fourth-order valence-corrected chi connectivity index (χ4v) is 4.37. The number of fused-ring (bicyclic) bond motifs is 1. The summed E-state index contributed by atoms with van der Waals surface area (Å²) >= 11 is 0. The van der Waals surface area contributed by atoms with Gasteiger partial charge in [-0.2, -0.15) is 9.97 Å². The SMILES string of the molecule is Cc1ccc(-c2ccc3c(N4CCOCC4)nc(N4C[C@@H](C)O[C@@H](C)C4)nc3n2)cc1. The topological polar surface area (TPSA) is 63.6 Å². The molecule has 0 radical (unpaired) electrons. The van der Waals surface area contributed by atoms with Crippen LogP contribution in [0.1, 0.15) is 19.4 Å². The number of hydrogen-bond donors (Lipinski definition) is 0. The lowest BCUT2D eigenvalue weighted by Crippen LogP contribution is -2.46. The van der Waals surface area contributed by atoms with Gasteiger partial charge in [0, 0.05) is 31.7 Å². The van der Waals surface area contributed by atoms with Gasteiger partial charge in [0.1, 0.15) is 5.82 Å². The molecule has 31 heavy (non-hydrogen) atoms. The van der Waals surface area contributed by atoms with Crippen molar-refractivity contribution in [2.24, 2.45) is 0 Å². The molecule has 1 aromatic carbocycles. The van der Waals surface area contributed by atoms with Crippen molar-refractivity contribution >= 4 is 22.8 Å². The highest BCUT2D eigenvalue weighted by Crippen LogP contribution is 2.30. The summed E-state index contributed by atoms with van der Waals surface area (Å²) in [6, 6.07) is 12.6. The fraction of sp³-hybridized carbons (Fsp3) is 0.458. The molecule has 7 heteroatoms. The Kier molecular flexibility index (Phi) is 5.46. The molecule has 2 saturated heterocycles. The summed E-state index contributed by atoms with van der Waals surface area (Å²) in [6.07, 6.45) is 0.281. The third-order valence-electron chi connectivity index (χ3n) is 5.89. The van der Waals surface area contributed by atoms with Crippen LogP contribution in [-0.2, 0) is 9.47 Å². The van der Waals surface area contributed by atoms with Crippen molar-refractivity contribution in [3.8, 4) is 11.3 Å². The summed E-state index contributed by atoms with van der Waals surface area (Å²) in [7, 11) is 0. The van der Waals surface area contributed by atoms with Crippen LogP contribution >= 0.6 is 0 Å². The zero-order valence-corrected chi connectivity index (χ0v) is 18.4. The van der Waals surface area contributed by atoms with E-state index in [9.17, 15) is 0 Å². The molecule has 0 aliphatic carbocycles. The maximum absolute atomic E-state index is 5.92. The molecule has 5 rings (SSSR count). The van der Waals surface area contributed by atoms with Gasteiger partial charge < -0.3 is 19.3 Å². The summed E-state index contributed by atoms with van der Waals surface area (Å²) in [6.45, 7) is 10.9. The molecule has 0 amide bonds. The first-order valence-electron chi connectivity index (χ1n) is 11.1. The minimum atomic E-state index is 0.140. The Bertz CT molecular complexity index is 1060. The molecule has 0 saturated carbocycles. The van der Waals surface area contributed by atoms with Crippen LogP contribution in [0.15, 0.2) is 36.4 Å². The number of pyridine rings is 1. The van der Waals surface area contributed by atoms with Gasteiger partial charge in [0.05, 0.1) is 36.5 Å². The smallest absolute Gasteiger partial charge is 0.229 e. The summed E-state index contributed by atoms with van der Waals surface area (Å²) in [5.41, 5.74) is 3.98. The Balaban J connectivity index is 1.61. The maximum Gasteiger partial charge on any atom is 0.229 e. The van der Waals surface area contributed by atoms with Gasteiger partial charge in [-0.05, 0) is 32.9 Å². The fourth-order valence-electron chi connectivity index (χ4n) is 4.37. The summed E-state index contributed by atoms with van der Waals surface area (Å²) in [4.78, 5) is 19.4. The van der Waals surface area contributed by atoms with E-state index in [-0.39, 0.29) is 12.2 Å². The molecule has 2 aliphatic heterocycles. The van der Waals surface area contributed by atoms with E-state index in [4.69, 9.17) is 24.4 Å². The summed E-state index contributed by atoms with van der Waals surface area (Å²) in [5.74, 6) is 1.67. The molecule has 3 aromatic rings. The number of benzene rings is 1. The highest BCUT2D eigenvalue weighted by Gasteiger charge is 2.26. The number of aromatic nitrogens is 3. The second-order valence-corrected chi connectivity index (χ2v) is 8.54. The normalized spacial score (nSPS) is 22.2. The minimum Gasteiger partial charge on any atom is -0.378 e. The lowest BCUT2D eigenvalue weighted by molar-refractivity contribution is -0.00570. The average molecular weight is 420 g/mol. The Morgan fingerprint density at radius 2 is 1.55 bits per heavy atom. The number of ether oxygens (including phenoxy) is 2. The molecular weight excluding hydrogens is 390 g/mol. The molecule has 7 nitrogen and oxygen atoms in total. The van der Waals surface area contributed by atoms with E-state index in [1.54, 1.807) is 0 Å². The quantitative estimate of drug-likeness (QED) is 0.644. The summed E-state index contributed by atoms with van der Waals surface area (Å²) < 4.78 is 11.5. The van der Waals surface area contributed by atoms with Crippen molar-refractivity contribution in [2.75, 3.05) is 49.2 Å². The molecule has 0 spiro atoms. The van der Waals surface area contributed by atoms with Gasteiger partial charge in [-0.1, -0.05) is 29.8 Å². The molecule has 2 fully saturated rings. The summed E-state index contributed by atoms with van der Waals surface area (Å²) in [5, 5.41) is 0.982. The Morgan fingerprint density at radius 3 is 2.26 bits per heavy atom. The molecule has 2 aromatic heterocycles. The second kappa shape index (κ2) is 8.40. The molecule has 0 N–H and O–H groups in total. The largest absolute Gasteiger partial charge is 0.378 e. The van der Waals surface area contributed by atoms with Crippen LogP contribution in [0.25, 0.3) is 22.3 Å². The van der Waals surface area contributed by atoms with E-state index in [2.05, 4.69) is 67.0 Å². The zero-order chi connectivity index (χ0) is 21.4. The van der Waals surface area contributed by atoms with Crippen molar-refractivity contribution in [1.82, 2.24) is 15.0 Å². The molecule has 2 atom stereocenters. The van der Waals surface area contributed by atoms with Crippen molar-refractivity contribution in [3.63, 3.8) is 0 Å². The predicted octanol–water partition coefficient (Wildman–Crippen LogP) is 3.45. The lowest BCUT2D eigenvalue weighted by atomic mass is 10.1. The Hall–Kier alpha value is -2.77. The van der Waals surface area contributed by atoms with Gasteiger partial charge in [0.15, 0.2) is 5.65 Å². The van der Waals surface area contributed by atoms with Crippen LogP contribution < -0.4 is 9.80 Å². The molecule has 0 bridgehead atoms. The van der Waals surface area contributed by atoms with Crippen LogP contribution in [0.5, 0.6) is 0 Å². The Morgan fingerprint density at radius 1 is 0.839 bits per heavy atom. The van der Waals surface area contributed by atoms with Crippen molar-refractivity contribution in [3.05, 3.63) is 42.0 Å². The number of nitrogens with zero attached hydrogens (tertiary/aromatic N) is 5. The van der Waals surface area contributed by atoms with E-state index >= 15 is 0 Å². The average Bonchev–Trinajstić information content (AvgIpc) is 2.78. The number of anilines is 2. The molecular formula is C24H29N5O2. The van der Waals surface area contributed by atoms with Crippen molar-refractivity contribution in [1.29, 1.82) is 0 Å². The van der Waals surface area contributed by atoms with Crippen LogP contribution in [-0.4, -0.2) is 66.6 Å². The van der Waals surface area contributed by atoms with Crippen LogP contribution in [0.4, 0.5) is 11.8 Å². The third-order valence-corrected chi connectivity index (χ3v) is 5.89. The van der Waals surface area contributed by atoms with Gasteiger partial charge in [0.2, 0.25) is 5.95 Å². The molecule has 4 heterocycles. The zero-order valence-electron chi connectivity index (χ0n) is 18.4. The van der Waals surface area contributed by atoms with E-state index < -0.39 is 0 Å². The van der Waals surface area contributed by atoms with Gasteiger partial charge in [-0.15, -0.1) is 0 Å². The van der Waals surface area contributed by atoms with Crippen LogP contribution in [0.2, 0.25) is 0 Å². The van der Waals surface area contributed by atoms with Gasteiger partial charge in [0.25, 0.3) is 0 Å². The van der Waals surface area contributed by atoms with E-state index in [1.807, 2.05) is 0 Å². The molecule has 2 aliphatic rings. The number of rotatable bonds is 3.